The van der Waals surface area contributed by atoms with Gasteiger partial charge < -0.3 is 15.1 Å². The summed E-state index contributed by atoms with van der Waals surface area (Å²) in [6.07, 6.45) is 3.26. The van der Waals surface area contributed by atoms with Gasteiger partial charge in [0, 0.05) is 54.2 Å². The van der Waals surface area contributed by atoms with Crippen molar-refractivity contribution in [2.24, 2.45) is 5.41 Å². The van der Waals surface area contributed by atoms with Gasteiger partial charge in [-0.2, -0.15) is 13.2 Å². The molecule has 0 saturated carbocycles. The van der Waals surface area contributed by atoms with E-state index < -0.39 is 11.9 Å². The maximum Gasteiger partial charge on any atom is 0.433 e. The monoisotopic (exact) mass is 401 g/mol. The fourth-order valence-corrected chi connectivity index (χ4v) is 2.79. The first-order valence-corrected chi connectivity index (χ1v) is 9.04. The second-order valence-corrected chi connectivity index (χ2v) is 7.88. The van der Waals surface area contributed by atoms with E-state index in [2.05, 4.69) is 36.1 Å². The molecule has 152 valence electrons. The van der Waals surface area contributed by atoms with Crippen molar-refractivity contribution < 1.29 is 13.2 Å². The molecule has 3 heterocycles. The lowest BCUT2D eigenvalue weighted by atomic mass is 9.97. The summed E-state index contributed by atoms with van der Waals surface area (Å²) in [5, 5.41) is 10.9. The minimum absolute atomic E-state index is 0.0105. The summed E-state index contributed by atoms with van der Waals surface area (Å²) in [5.74, 6) is 0. The number of pyridine rings is 2. The number of imidazole rings is 1. The van der Waals surface area contributed by atoms with Crippen molar-refractivity contribution in [1.82, 2.24) is 19.7 Å². The Balaban J connectivity index is 2.12. The van der Waals surface area contributed by atoms with Crippen LogP contribution in [0.1, 0.15) is 32.0 Å². The average molecular weight is 401 g/mol. The largest absolute Gasteiger partial charge is 0.433 e. The summed E-state index contributed by atoms with van der Waals surface area (Å²) >= 11 is 0. The third-order valence-electron chi connectivity index (χ3n) is 4.21. The first-order chi connectivity index (χ1) is 13.6. The Morgan fingerprint density at radius 1 is 1.17 bits per heavy atom. The Morgan fingerprint density at radius 2 is 1.93 bits per heavy atom. The molecular formula is C21H22F3N5. The van der Waals surface area contributed by atoms with Gasteiger partial charge in [0.25, 0.3) is 0 Å². The number of allylic oxidation sites excluding steroid dienone is 1. The number of alkyl halides is 3. The van der Waals surface area contributed by atoms with E-state index in [9.17, 15) is 13.2 Å². The minimum atomic E-state index is -4.57. The highest BCUT2D eigenvalue weighted by Crippen LogP contribution is 2.33. The highest BCUT2D eigenvalue weighted by atomic mass is 19.4. The lowest BCUT2D eigenvalue weighted by Gasteiger charge is -2.18. The summed E-state index contributed by atoms with van der Waals surface area (Å²) in [5.41, 5.74) is 1.15. The van der Waals surface area contributed by atoms with Crippen LogP contribution in [-0.2, 0) is 6.18 Å². The van der Waals surface area contributed by atoms with Gasteiger partial charge in [0.15, 0.2) is 0 Å². The van der Waals surface area contributed by atoms with Gasteiger partial charge in [-0.05, 0) is 29.7 Å². The minimum Gasteiger partial charge on any atom is -0.390 e. The molecule has 0 aliphatic rings. The van der Waals surface area contributed by atoms with Crippen LogP contribution in [0.2, 0.25) is 0 Å². The normalized spacial score (nSPS) is 13.0. The van der Waals surface area contributed by atoms with E-state index in [1.54, 1.807) is 41.3 Å². The number of hydrogen-bond acceptors (Lipinski definition) is 4. The van der Waals surface area contributed by atoms with Gasteiger partial charge in [0.05, 0.1) is 5.69 Å². The Labute approximate surface area is 166 Å². The SMILES string of the molecule is CC(C)(C)CN/C=C(\C=N)c1ccc(C(F)(F)F)nc1-c1ccn2ccnc2c1. The predicted molar refractivity (Wildman–Crippen MR) is 108 cm³/mol. The van der Waals surface area contributed by atoms with Crippen molar-refractivity contribution in [1.29, 1.82) is 5.41 Å². The molecule has 0 aliphatic carbocycles. The number of hydrogen-bond donors (Lipinski definition) is 2. The first kappa shape index (κ1) is 20.6. The molecular weight excluding hydrogens is 379 g/mol. The van der Waals surface area contributed by atoms with E-state index in [1.165, 1.54) is 6.07 Å². The maximum atomic E-state index is 13.3. The zero-order valence-electron chi connectivity index (χ0n) is 16.4. The van der Waals surface area contributed by atoms with Crippen molar-refractivity contribution in [2.45, 2.75) is 26.9 Å². The van der Waals surface area contributed by atoms with Gasteiger partial charge in [0.1, 0.15) is 11.3 Å². The second kappa shape index (κ2) is 7.69. The first-order valence-electron chi connectivity index (χ1n) is 9.04. The van der Waals surface area contributed by atoms with Crippen molar-refractivity contribution in [2.75, 3.05) is 6.54 Å². The van der Waals surface area contributed by atoms with Crippen molar-refractivity contribution in [3.05, 3.63) is 60.3 Å². The van der Waals surface area contributed by atoms with Crippen LogP contribution in [-0.4, -0.2) is 27.1 Å². The summed E-state index contributed by atoms with van der Waals surface area (Å²) in [4.78, 5) is 8.09. The fraction of sp³-hybridized carbons (Fsp3) is 0.286. The lowest BCUT2D eigenvalue weighted by Crippen LogP contribution is -2.23. The van der Waals surface area contributed by atoms with Crippen LogP contribution in [0.5, 0.6) is 0 Å². The standard InChI is InChI=1S/C21H22F3N5/c1-20(2,3)13-26-12-15(11-25)16-4-5-17(21(22,23)24)28-19(16)14-6-8-29-9-7-27-18(29)10-14/h4-12,25-26H,13H2,1-3H3/b15-12+,25-11?. The lowest BCUT2D eigenvalue weighted by molar-refractivity contribution is -0.141. The summed E-state index contributed by atoms with van der Waals surface area (Å²) in [7, 11) is 0. The molecule has 0 atom stereocenters. The maximum absolute atomic E-state index is 13.3. The number of rotatable bonds is 5. The van der Waals surface area contributed by atoms with Crippen LogP contribution < -0.4 is 5.32 Å². The predicted octanol–water partition coefficient (Wildman–Crippen LogP) is 5.04. The van der Waals surface area contributed by atoms with E-state index in [-0.39, 0.29) is 11.1 Å². The van der Waals surface area contributed by atoms with E-state index in [0.717, 1.165) is 12.3 Å². The average Bonchev–Trinajstić information content (AvgIpc) is 3.11. The van der Waals surface area contributed by atoms with E-state index >= 15 is 0 Å². The van der Waals surface area contributed by atoms with Crippen molar-refractivity contribution >= 4 is 17.4 Å². The highest BCUT2D eigenvalue weighted by Gasteiger charge is 2.33. The third-order valence-corrected chi connectivity index (χ3v) is 4.21. The van der Waals surface area contributed by atoms with Gasteiger partial charge in [-0.25, -0.2) is 9.97 Å². The molecule has 0 bridgehead atoms. The molecule has 29 heavy (non-hydrogen) atoms. The zero-order chi connectivity index (χ0) is 21.2. The number of fused-ring (bicyclic) bond motifs is 1. The van der Waals surface area contributed by atoms with Crippen LogP contribution in [0.15, 0.2) is 49.1 Å². The number of aromatic nitrogens is 3. The van der Waals surface area contributed by atoms with Gasteiger partial charge in [-0.15, -0.1) is 0 Å². The molecule has 5 nitrogen and oxygen atoms in total. The van der Waals surface area contributed by atoms with Gasteiger partial charge in [-0.1, -0.05) is 20.8 Å². The molecule has 0 unspecified atom stereocenters. The Morgan fingerprint density at radius 3 is 2.59 bits per heavy atom. The van der Waals surface area contributed by atoms with Gasteiger partial charge in [-0.3, -0.25) is 0 Å². The van der Waals surface area contributed by atoms with Crippen LogP contribution in [0.25, 0.3) is 22.5 Å². The third kappa shape index (κ3) is 4.82. The van der Waals surface area contributed by atoms with E-state index in [4.69, 9.17) is 5.41 Å². The molecule has 0 aromatic carbocycles. The Bertz CT molecular complexity index is 1060. The summed E-state index contributed by atoms with van der Waals surface area (Å²) in [6, 6.07) is 5.66. The van der Waals surface area contributed by atoms with E-state index in [1.807, 2.05) is 0 Å². The second-order valence-electron chi connectivity index (χ2n) is 7.88. The number of halogens is 3. The molecule has 0 spiro atoms. The smallest absolute Gasteiger partial charge is 0.390 e. The molecule has 2 N–H and O–H groups in total. The van der Waals surface area contributed by atoms with E-state index in [0.29, 0.717) is 28.9 Å². The van der Waals surface area contributed by atoms with Gasteiger partial charge in [0.2, 0.25) is 0 Å². The van der Waals surface area contributed by atoms with Gasteiger partial charge >= 0.3 is 6.18 Å². The molecule has 0 fully saturated rings. The Kier molecular flexibility index (Phi) is 5.46. The van der Waals surface area contributed by atoms with Crippen LogP contribution in [0.3, 0.4) is 0 Å². The molecule has 3 rings (SSSR count). The molecule has 3 aromatic heterocycles. The molecule has 0 amide bonds. The summed E-state index contributed by atoms with van der Waals surface area (Å²) < 4.78 is 41.6. The number of nitrogens with one attached hydrogen (secondary N) is 2. The van der Waals surface area contributed by atoms with Crippen molar-refractivity contribution in [3.63, 3.8) is 0 Å². The van der Waals surface area contributed by atoms with Crippen LogP contribution in [0, 0.1) is 10.8 Å². The number of nitrogens with zero attached hydrogens (tertiary/aromatic N) is 3. The summed E-state index contributed by atoms with van der Waals surface area (Å²) in [6.45, 7) is 6.82. The molecule has 0 radical (unpaired) electrons. The molecule has 3 aromatic rings. The quantitative estimate of drug-likeness (QED) is 0.589. The van der Waals surface area contributed by atoms with Crippen LogP contribution in [0.4, 0.5) is 13.2 Å². The molecule has 0 saturated heterocycles. The molecule has 8 heteroatoms. The topological polar surface area (TPSA) is 66.1 Å². The van der Waals surface area contributed by atoms with Crippen molar-refractivity contribution in [3.8, 4) is 11.3 Å². The highest BCUT2D eigenvalue weighted by molar-refractivity contribution is 6.10. The Hall–Kier alpha value is -3.16. The fourth-order valence-electron chi connectivity index (χ4n) is 2.79. The zero-order valence-corrected chi connectivity index (χ0v) is 16.4. The van der Waals surface area contributed by atoms with Crippen LogP contribution >= 0.6 is 0 Å². The molecule has 0 aliphatic heterocycles.